The van der Waals surface area contributed by atoms with Crippen molar-refractivity contribution in [3.63, 3.8) is 0 Å². The first-order valence-corrected chi connectivity index (χ1v) is 2.80. The Morgan fingerprint density at radius 3 is 2.60 bits per heavy atom. The summed E-state index contributed by atoms with van der Waals surface area (Å²) in [5, 5.41) is 0. The smallest absolute Gasteiger partial charge is 0.153 e. The Morgan fingerprint density at radius 1 is 1.70 bits per heavy atom. The van der Waals surface area contributed by atoms with Crippen LogP contribution in [0.4, 0.5) is 0 Å². The predicted molar refractivity (Wildman–Crippen MR) is 41.6 cm³/mol. The molecule has 10 heavy (non-hydrogen) atoms. The molecule has 0 aromatic heterocycles. The average Bonchev–Trinajstić information content (AvgIpc) is 1.99. The van der Waals surface area contributed by atoms with E-state index in [1.54, 1.807) is 19.1 Å². The topological polar surface area (TPSA) is 55.4 Å². The number of nitrogens with two attached hydrogens (primary N) is 1. The standard InChI is InChI=1S/C7H10N2O/c1-3-4-6(5-10)7(8)9-2/h3-5H,2,8H2,1H3/b4-3-,7-6+. The van der Waals surface area contributed by atoms with Gasteiger partial charge in [-0.3, -0.25) is 4.79 Å². The van der Waals surface area contributed by atoms with E-state index in [0.717, 1.165) is 0 Å². The SMILES string of the molecule is C=N/C(N)=C(C=O)\C=C/C. The van der Waals surface area contributed by atoms with Gasteiger partial charge in [0.15, 0.2) is 6.29 Å². The van der Waals surface area contributed by atoms with Crippen molar-refractivity contribution < 1.29 is 4.79 Å². The summed E-state index contributed by atoms with van der Waals surface area (Å²) in [5.74, 6) is 0.160. The molecule has 0 aromatic carbocycles. The molecule has 0 aliphatic heterocycles. The lowest BCUT2D eigenvalue weighted by atomic mass is 10.3. The molecule has 0 rings (SSSR count). The minimum Gasteiger partial charge on any atom is -0.383 e. The number of rotatable bonds is 3. The lowest BCUT2D eigenvalue weighted by Gasteiger charge is -1.92. The molecule has 2 N–H and O–H groups in total. The van der Waals surface area contributed by atoms with Gasteiger partial charge in [-0.25, -0.2) is 4.99 Å². The molecule has 0 saturated heterocycles. The van der Waals surface area contributed by atoms with Gasteiger partial charge in [-0.05, 0) is 13.6 Å². The van der Waals surface area contributed by atoms with Crippen LogP contribution in [0.15, 0.2) is 28.5 Å². The molecule has 0 aliphatic rings. The molecule has 0 heterocycles. The third kappa shape index (κ3) is 2.26. The van der Waals surface area contributed by atoms with Gasteiger partial charge in [-0.1, -0.05) is 12.2 Å². The summed E-state index contributed by atoms with van der Waals surface area (Å²) < 4.78 is 0. The van der Waals surface area contributed by atoms with Crippen LogP contribution in [0, 0.1) is 0 Å². The molecule has 3 nitrogen and oxygen atoms in total. The Labute approximate surface area is 59.9 Å². The van der Waals surface area contributed by atoms with Crippen molar-refractivity contribution in [2.45, 2.75) is 6.92 Å². The van der Waals surface area contributed by atoms with Gasteiger partial charge >= 0.3 is 0 Å². The van der Waals surface area contributed by atoms with E-state index >= 15 is 0 Å². The van der Waals surface area contributed by atoms with E-state index in [9.17, 15) is 4.79 Å². The number of aliphatic imine (C=N–C) groups is 1. The molecule has 0 radical (unpaired) electrons. The second-order valence-corrected chi connectivity index (χ2v) is 1.62. The van der Waals surface area contributed by atoms with E-state index in [1.165, 1.54) is 0 Å². The number of nitrogens with zero attached hydrogens (tertiary/aromatic N) is 1. The lowest BCUT2D eigenvalue weighted by molar-refractivity contribution is -0.104. The fourth-order valence-electron chi connectivity index (χ4n) is 0.456. The normalized spacial score (nSPS) is 12.9. The first-order chi connectivity index (χ1) is 4.76. The second kappa shape index (κ2) is 4.49. The molecule has 0 aromatic rings. The minimum absolute atomic E-state index is 0.160. The van der Waals surface area contributed by atoms with Crippen molar-refractivity contribution in [2.75, 3.05) is 0 Å². The molecule has 0 aliphatic carbocycles. The van der Waals surface area contributed by atoms with Gasteiger partial charge in [0.05, 0.1) is 5.57 Å². The Balaban J connectivity index is 4.61. The number of aldehydes is 1. The van der Waals surface area contributed by atoms with Gasteiger partial charge in [0, 0.05) is 0 Å². The molecular formula is C7H10N2O. The van der Waals surface area contributed by atoms with Gasteiger partial charge in [0.25, 0.3) is 0 Å². The van der Waals surface area contributed by atoms with Crippen LogP contribution >= 0.6 is 0 Å². The van der Waals surface area contributed by atoms with E-state index in [-0.39, 0.29) is 5.82 Å². The van der Waals surface area contributed by atoms with Gasteiger partial charge in [0.1, 0.15) is 5.82 Å². The quantitative estimate of drug-likeness (QED) is 0.269. The highest BCUT2D eigenvalue weighted by atomic mass is 16.1. The summed E-state index contributed by atoms with van der Waals surface area (Å²) >= 11 is 0. The Hall–Kier alpha value is -1.38. The van der Waals surface area contributed by atoms with Crippen molar-refractivity contribution in [2.24, 2.45) is 10.7 Å². The fraction of sp³-hybridized carbons (Fsp3) is 0.143. The molecule has 0 saturated carbocycles. The molecule has 0 atom stereocenters. The van der Waals surface area contributed by atoms with Gasteiger partial charge < -0.3 is 5.73 Å². The monoisotopic (exact) mass is 138 g/mol. The first-order valence-electron chi connectivity index (χ1n) is 2.80. The van der Waals surface area contributed by atoms with Gasteiger partial charge in [0.2, 0.25) is 0 Å². The van der Waals surface area contributed by atoms with Crippen molar-refractivity contribution in [3.8, 4) is 0 Å². The lowest BCUT2D eigenvalue weighted by Crippen LogP contribution is -1.98. The maximum Gasteiger partial charge on any atom is 0.153 e. The van der Waals surface area contributed by atoms with Crippen LogP contribution in [-0.2, 0) is 4.79 Å². The van der Waals surface area contributed by atoms with Gasteiger partial charge in [-0.2, -0.15) is 0 Å². The predicted octanol–water partition coefficient (Wildman–Crippen LogP) is 0.632. The van der Waals surface area contributed by atoms with Crippen molar-refractivity contribution in [1.82, 2.24) is 0 Å². The Morgan fingerprint density at radius 2 is 2.30 bits per heavy atom. The summed E-state index contributed by atoms with van der Waals surface area (Å²) in [7, 11) is 0. The first kappa shape index (κ1) is 8.62. The highest BCUT2D eigenvalue weighted by molar-refractivity contribution is 5.78. The molecular weight excluding hydrogens is 128 g/mol. The maximum absolute atomic E-state index is 10.2. The number of carbonyl (C=O) groups excluding carboxylic acids is 1. The van der Waals surface area contributed by atoms with Crippen LogP contribution in [0.5, 0.6) is 0 Å². The van der Waals surface area contributed by atoms with E-state index in [2.05, 4.69) is 11.7 Å². The zero-order valence-corrected chi connectivity index (χ0v) is 5.87. The Kier molecular flexibility index (Phi) is 3.87. The second-order valence-electron chi connectivity index (χ2n) is 1.62. The summed E-state index contributed by atoms with van der Waals surface area (Å²) in [5.41, 5.74) is 5.64. The van der Waals surface area contributed by atoms with E-state index in [4.69, 9.17) is 5.73 Å². The minimum atomic E-state index is 0.160. The van der Waals surface area contributed by atoms with E-state index in [0.29, 0.717) is 11.9 Å². The van der Waals surface area contributed by atoms with Gasteiger partial charge in [-0.15, -0.1) is 0 Å². The highest BCUT2D eigenvalue weighted by Crippen LogP contribution is 1.97. The third-order valence-electron chi connectivity index (χ3n) is 0.939. The number of hydrogen-bond acceptors (Lipinski definition) is 3. The largest absolute Gasteiger partial charge is 0.383 e. The van der Waals surface area contributed by atoms with Crippen molar-refractivity contribution in [1.29, 1.82) is 0 Å². The molecule has 54 valence electrons. The van der Waals surface area contributed by atoms with Crippen molar-refractivity contribution in [3.05, 3.63) is 23.5 Å². The number of carbonyl (C=O) groups is 1. The molecule has 0 unspecified atom stereocenters. The zero-order valence-electron chi connectivity index (χ0n) is 5.87. The molecule has 3 heteroatoms. The van der Waals surface area contributed by atoms with E-state index in [1.807, 2.05) is 0 Å². The van der Waals surface area contributed by atoms with Crippen LogP contribution in [-0.4, -0.2) is 13.0 Å². The molecule has 0 spiro atoms. The van der Waals surface area contributed by atoms with Crippen LogP contribution in [0.3, 0.4) is 0 Å². The number of allylic oxidation sites excluding steroid dienone is 3. The molecule has 0 fully saturated rings. The Bertz CT molecular complexity index is 192. The summed E-state index contributed by atoms with van der Waals surface area (Å²) in [6.07, 6.45) is 3.93. The van der Waals surface area contributed by atoms with Crippen LogP contribution < -0.4 is 5.73 Å². The summed E-state index contributed by atoms with van der Waals surface area (Å²) in [6.45, 7) is 4.98. The summed E-state index contributed by atoms with van der Waals surface area (Å²) in [6, 6.07) is 0. The highest BCUT2D eigenvalue weighted by Gasteiger charge is 1.92. The van der Waals surface area contributed by atoms with Crippen LogP contribution in [0.2, 0.25) is 0 Å². The van der Waals surface area contributed by atoms with E-state index < -0.39 is 0 Å². The summed E-state index contributed by atoms with van der Waals surface area (Å²) in [4.78, 5) is 13.6. The van der Waals surface area contributed by atoms with Crippen LogP contribution in [0.25, 0.3) is 0 Å². The average molecular weight is 138 g/mol. The fourth-order valence-corrected chi connectivity index (χ4v) is 0.456. The number of hydrogen-bond donors (Lipinski definition) is 1. The molecule has 0 amide bonds. The van der Waals surface area contributed by atoms with Crippen molar-refractivity contribution >= 4 is 13.0 Å². The zero-order chi connectivity index (χ0) is 7.98. The molecule has 0 bridgehead atoms. The maximum atomic E-state index is 10.2. The van der Waals surface area contributed by atoms with Crippen LogP contribution in [0.1, 0.15) is 6.92 Å². The third-order valence-corrected chi connectivity index (χ3v) is 0.939.